The zero-order chi connectivity index (χ0) is 18.0. The number of ether oxygens (including phenoxy) is 2. The molecule has 0 spiro atoms. The van der Waals surface area contributed by atoms with Crippen LogP contribution in [0.15, 0.2) is 24.3 Å². The molecular weight excluding hydrogens is 316 g/mol. The Kier molecular flexibility index (Phi) is 7.90. The maximum atomic E-state index is 12.5. The van der Waals surface area contributed by atoms with Gasteiger partial charge in [0.05, 0.1) is 25.9 Å². The normalized spacial score (nSPS) is 16.2. The van der Waals surface area contributed by atoms with Gasteiger partial charge in [-0.15, -0.1) is 0 Å². The number of carbonyl (C=O) groups is 1. The Morgan fingerprint density at radius 3 is 2.64 bits per heavy atom. The largest absolute Gasteiger partial charge is 0.379 e. The molecule has 25 heavy (non-hydrogen) atoms. The first-order valence-electron chi connectivity index (χ1n) is 9.13. The standard InChI is InChI=1S/C20H28N2O3/c1-2-24-11-12-25-15-18-8-6-7-17(13-18)14-22-19(23)20(16-21)9-4-3-5-10-20/h6-8,13H,2-5,9-12,14-15H2,1H3,(H,22,23). The molecule has 5 heteroatoms. The lowest BCUT2D eigenvalue weighted by molar-refractivity contribution is -0.129. The van der Waals surface area contributed by atoms with Crippen molar-refractivity contribution in [3.05, 3.63) is 35.4 Å². The van der Waals surface area contributed by atoms with Crippen LogP contribution in [0.25, 0.3) is 0 Å². The topological polar surface area (TPSA) is 71.3 Å². The Hall–Kier alpha value is -1.90. The molecule has 1 saturated carbocycles. The molecule has 0 bridgehead atoms. The summed E-state index contributed by atoms with van der Waals surface area (Å²) < 4.78 is 10.8. The number of nitrogens with zero attached hydrogens (tertiary/aromatic N) is 1. The fourth-order valence-electron chi connectivity index (χ4n) is 3.18. The monoisotopic (exact) mass is 344 g/mol. The molecular formula is C20H28N2O3. The molecule has 5 nitrogen and oxygen atoms in total. The highest BCUT2D eigenvalue weighted by Gasteiger charge is 2.39. The van der Waals surface area contributed by atoms with Crippen molar-refractivity contribution in [3.8, 4) is 6.07 Å². The third-order valence-corrected chi connectivity index (χ3v) is 4.65. The highest BCUT2D eigenvalue weighted by atomic mass is 16.5. The SMILES string of the molecule is CCOCCOCc1cccc(CNC(=O)C2(C#N)CCCCC2)c1. The van der Waals surface area contributed by atoms with Gasteiger partial charge < -0.3 is 14.8 Å². The molecule has 1 aliphatic rings. The van der Waals surface area contributed by atoms with Gasteiger partial charge in [0.2, 0.25) is 5.91 Å². The third-order valence-electron chi connectivity index (χ3n) is 4.65. The van der Waals surface area contributed by atoms with Crippen LogP contribution in [-0.2, 0) is 27.4 Å². The Bertz CT molecular complexity index is 589. The smallest absolute Gasteiger partial charge is 0.240 e. The van der Waals surface area contributed by atoms with Gasteiger partial charge in [0.1, 0.15) is 5.41 Å². The van der Waals surface area contributed by atoms with Crippen molar-refractivity contribution in [2.24, 2.45) is 5.41 Å². The number of carbonyl (C=O) groups excluding carboxylic acids is 1. The number of benzene rings is 1. The summed E-state index contributed by atoms with van der Waals surface area (Å²) in [5, 5.41) is 12.4. The van der Waals surface area contributed by atoms with Gasteiger partial charge in [-0.05, 0) is 30.9 Å². The summed E-state index contributed by atoms with van der Waals surface area (Å²) in [4.78, 5) is 12.5. The van der Waals surface area contributed by atoms with Crippen molar-refractivity contribution in [2.75, 3.05) is 19.8 Å². The molecule has 0 aromatic heterocycles. The van der Waals surface area contributed by atoms with Crippen molar-refractivity contribution in [1.29, 1.82) is 5.26 Å². The quantitative estimate of drug-likeness (QED) is 0.698. The van der Waals surface area contributed by atoms with Crippen molar-refractivity contribution >= 4 is 5.91 Å². The van der Waals surface area contributed by atoms with Gasteiger partial charge in [-0.2, -0.15) is 5.26 Å². The lowest BCUT2D eigenvalue weighted by Gasteiger charge is -2.29. The highest BCUT2D eigenvalue weighted by molar-refractivity contribution is 5.85. The van der Waals surface area contributed by atoms with Crippen LogP contribution < -0.4 is 5.32 Å². The molecule has 0 saturated heterocycles. The van der Waals surface area contributed by atoms with Crippen LogP contribution in [0.1, 0.15) is 50.2 Å². The van der Waals surface area contributed by atoms with E-state index in [1.54, 1.807) is 0 Å². The number of rotatable bonds is 9. The summed E-state index contributed by atoms with van der Waals surface area (Å²) in [6, 6.07) is 10.2. The summed E-state index contributed by atoms with van der Waals surface area (Å²) in [5.74, 6) is -0.131. The lowest BCUT2D eigenvalue weighted by atomic mass is 9.74. The van der Waals surface area contributed by atoms with Gasteiger partial charge in [0, 0.05) is 13.2 Å². The molecule has 0 atom stereocenters. The van der Waals surface area contributed by atoms with E-state index in [0.717, 1.165) is 30.4 Å². The Morgan fingerprint density at radius 1 is 1.20 bits per heavy atom. The van der Waals surface area contributed by atoms with Crippen molar-refractivity contribution in [1.82, 2.24) is 5.32 Å². The van der Waals surface area contributed by atoms with Crippen LogP contribution in [-0.4, -0.2) is 25.7 Å². The van der Waals surface area contributed by atoms with Gasteiger partial charge in [0.15, 0.2) is 0 Å². The Labute approximate surface area is 150 Å². The summed E-state index contributed by atoms with van der Waals surface area (Å²) in [6.45, 7) is 4.79. The third kappa shape index (κ3) is 5.84. The summed E-state index contributed by atoms with van der Waals surface area (Å²) >= 11 is 0. The molecule has 1 aromatic rings. The average Bonchev–Trinajstić information content (AvgIpc) is 2.67. The van der Waals surface area contributed by atoms with Gasteiger partial charge >= 0.3 is 0 Å². The van der Waals surface area contributed by atoms with Gasteiger partial charge in [-0.25, -0.2) is 0 Å². The first kappa shape index (κ1) is 19.4. The van der Waals surface area contributed by atoms with Crippen LogP contribution in [0.3, 0.4) is 0 Å². The molecule has 0 radical (unpaired) electrons. The van der Waals surface area contributed by atoms with Crippen molar-refractivity contribution < 1.29 is 14.3 Å². The molecule has 1 aromatic carbocycles. The first-order valence-corrected chi connectivity index (χ1v) is 9.13. The van der Waals surface area contributed by atoms with E-state index in [2.05, 4.69) is 11.4 Å². The molecule has 1 aliphatic carbocycles. The minimum Gasteiger partial charge on any atom is -0.379 e. The van der Waals surface area contributed by atoms with E-state index in [9.17, 15) is 10.1 Å². The summed E-state index contributed by atoms with van der Waals surface area (Å²) in [6.07, 6.45) is 4.36. The number of amides is 1. The zero-order valence-corrected chi connectivity index (χ0v) is 15.1. The molecule has 0 heterocycles. The van der Waals surface area contributed by atoms with Crippen LogP contribution in [0.2, 0.25) is 0 Å². The van der Waals surface area contributed by atoms with Crippen molar-refractivity contribution in [3.63, 3.8) is 0 Å². The Balaban J connectivity index is 1.83. The fraction of sp³-hybridized carbons (Fsp3) is 0.600. The second kappa shape index (κ2) is 10.2. The van der Waals surface area contributed by atoms with E-state index in [1.807, 2.05) is 31.2 Å². The van der Waals surface area contributed by atoms with E-state index < -0.39 is 5.41 Å². The number of hydrogen-bond acceptors (Lipinski definition) is 4. The van der Waals surface area contributed by atoms with Crippen LogP contribution in [0.4, 0.5) is 0 Å². The molecule has 1 N–H and O–H groups in total. The van der Waals surface area contributed by atoms with E-state index in [-0.39, 0.29) is 5.91 Å². The summed E-state index contributed by atoms with van der Waals surface area (Å²) in [5.41, 5.74) is 1.25. The second-order valence-electron chi connectivity index (χ2n) is 6.51. The van der Waals surface area contributed by atoms with E-state index >= 15 is 0 Å². The first-order chi connectivity index (χ1) is 12.2. The predicted molar refractivity (Wildman–Crippen MR) is 95.6 cm³/mol. The highest BCUT2D eigenvalue weighted by Crippen LogP contribution is 2.35. The number of hydrogen-bond donors (Lipinski definition) is 1. The van der Waals surface area contributed by atoms with Crippen LogP contribution in [0.5, 0.6) is 0 Å². The fourth-order valence-corrected chi connectivity index (χ4v) is 3.18. The second-order valence-corrected chi connectivity index (χ2v) is 6.51. The summed E-state index contributed by atoms with van der Waals surface area (Å²) in [7, 11) is 0. The number of nitriles is 1. The molecule has 136 valence electrons. The lowest BCUT2D eigenvalue weighted by Crippen LogP contribution is -2.41. The van der Waals surface area contributed by atoms with Gasteiger partial charge in [-0.1, -0.05) is 43.5 Å². The van der Waals surface area contributed by atoms with E-state index in [1.165, 1.54) is 0 Å². The van der Waals surface area contributed by atoms with E-state index in [4.69, 9.17) is 9.47 Å². The molecule has 0 aliphatic heterocycles. The average molecular weight is 344 g/mol. The van der Waals surface area contributed by atoms with Crippen LogP contribution >= 0.6 is 0 Å². The molecule has 2 rings (SSSR count). The predicted octanol–water partition coefficient (Wildman–Crippen LogP) is 3.33. The minimum absolute atomic E-state index is 0.131. The van der Waals surface area contributed by atoms with Gasteiger partial charge in [-0.3, -0.25) is 4.79 Å². The van der Waals surface area contributed by atoms with Crippen LogP contribution in [0, 0.1) is 16.7 Å². The van der Waals surface area contributed by atoms with Crippen molar-refractivity contribution in [2.45, 2.75) is 52.2 Å². The molecule has 0 unspecified atom stereocenters. The molecule has 1 amide bonds. The zero-order valence-electron chi connectivity index (χ0n) is 15.1. The van der Waals surface area contributed by atoms with Gasteiger partial charge in [0.25, 0.3) is 0 Å². The maximum absolute atomic E-state index is 12.5. The van der Waals surface area contributed by atoms with E-state index in [0.29, 0.717) is 45.8 Å². The Morgan fingerprint density at radius 2 is 1.92 bits per heavy atom. The minimum atomic E-state index is -0.835. The number of nitrogens with one attached hydrogen (secondary N) is 1. The maximum Gasteiger partial charge on any atom is 0.240 e. The molecule has 1 fully saturated rings.